The molecule has 5 rings (SSSR count). The van der Waals surface area contributed by atoms with Gasteiger partial charge in [0.05, 0.1) is 16.7 Å². The molecule has 1 aliphatic carbocycles. The molecule has 1 aliphatic rings. The van der Waals surface area contributed by atoms with Crippen LogP contribution in [0.3, 0.4) is 0 Å². The number of benzene rings is 2. The van der Waals surface area contributed by atoms with Gasteiger partial charge in [-0.3, -0.25) is 4.98 Å². The summed E-state index contributed by atoms with van der Waals surface area (Å²) in [6, 6.07) is 14.2. The molecular formula is C23H21Cl2N5. The molecule has 0 atom stereocenters. The molecule has 0 bridgehead atoms. The predicted molar refractivity (Wildman–Crippen MR) is 124 cm³/mol. The first kappa shape index (κ1) is 19.5. The Morgan fingerprint density at radius 2 is 1.47 bits per heavy atom. The maximum Gasteiger partial charge on any atom is 0.144 e. The summed E-state index contributed by atoms with van der Waals surface area (Å²) in [6.45, 7) is 0. The molecule has 0 amide bonds. The highest BCUT2D eigenvalue weighted by molar-refractivity contribution is 6.31. The van der Waals surface area contributed by atoms with Crippen molar-refractivity contribution in [2.75, 3.05) is 4.90 Å². The summed E-state index contributed by atoms with van der Waals surface area (Å²) < 4.78 is 0. The number of rotatable bonds is 3. The lowest BCUT2D eigenvalue weighted by molar-refractivity contribution is 0.390. The predicted octanol–water partition coefficient (Wildman–Crippen LogP) is 5.89. The highest BCUT2D eigenvalue weighted by Gasteiger charge is 2.29. The van der Waals surface area contributed by atoms with Gasteiger partial charge in [-0.15, -0.1) is 0 Å². The Kier molecular flexibility index (Phi) is 5.19. The molecule has 0 saturated heterocycles. The molecule has 2 aromatic carbocycles. The summed E-state index contributed by atoms with van der Waals surface area (Å²) >= 11 is 12.4. The van der Waals surface area contributed by atoms with Gasteiger partial charge in [-0.1, -0.05) is 23.2 Å². The van der Waals surface area contributed by atoms with Crippen LogP contribution in [0.2, 0.25) is 10.0 Å². The first-order valence-electron chi connectivity index (χ1n) is 10.1. The second-order valence-corrected chi connectivity index (χ2v) is 8.66. The molecule has 1 saturated carbocycles. The molecule has 0 spiro atoms. The molecule has 2 aromatic heterocycles. The van der Waals surface area contributed by atoms with Gasteiger partial charge in [0, 0.05) is 39.1 Å². The fraction of sp³-hybridized carbons (Fsp3) is 0.261. The molecule has 5 nitrogen and oxygen atoms in total. The molecular weight excluding hydrogens is 417 g/mol. The van der Waals surface area contributed by atoms with Crippen LogP contribution in [0.1, 0.15) is 25.7 Å². The molecule has 2 N–H and O–H groups in total. The van der Waals surface area contributed by atoms with Crippen molar-refractivity contribution in [2.24, 2.45) is 5.73 Å². The second kappa shape index (κ2) is 7.99. The van der Waals surface area contributed by atoms with Crippen molar-refractivity contribution in [1.82, 2.24) is 15.0 Å². The molecule has 0 unspecified atom stereocenters. The monoisotopic (exact) mass is 437 g/mol. The van der Waals surface area contributed by atoms with Gasteiger partial charge in [0.25, 0.3) is 0 Å². The normalized spacial score (nSPS) is 19.3. The Morgan fingerprint density at radius 1 is 0.800 bits per heavy atom. The number of nitrogens with zero attached hydrogens (tertiary/aromatic N) is 4. The van der Waals surface area contributed by atoms with Gasteiger partial charge >= 0.3 is 0 Å². The van der Waals surface area contributed by atoms with Gasteiger partial charge in [-0.05, 0) is 68.1 Å². The van der Waals surface area contributed by atoms with Crippen LogP contribution in [-0.4, -0.2) is 27.0 Å². The molecule has 0 aliphatic heterocycles. The average molecular weight is 438 g/mol. The van der Waals surface area contributed by atoms with E-state index < -0.39 is 0 Å². The molecule has 2 heterocycles. The minimum Gasteiger partial charge on any atom is -0.328 e. The lowest BCUT2D eigenvalue weighted by Crippen LogP contribution is -2.39. The van der Waals surface area contributed by atoms with Crippen molar-refractivity contribution in [2.45, 2.75) is 37.8 Å². The minimum atomic E-state index is 0.261. The van der Waals surface area contributed by atoms with Crippen LogP contribution >= 0.6 is 23.2 Å². The number of hydrogen-bond acceptors (Lipinski definition) is 5. The Balaban J connectivity index is 1.74. The summed E-state index contributed by atoms with van der Waals surface area (Å²) in [7, 11) is 0. The third-order valence-corrected chi connectivity index (χ3v) is 6.32. The van der Waals surface area contributed by atoms with Crippen molar-refractivity contribution in [3.05, 3.63) is 65.0 Å². The van der Waals surface area contributed by atoms with E-state index in [1.54, 1.807) is 6.33 Å². The fourth-order valence-electron chi connectivity index (χ4n) is 4.37. The van der Waals surface area contributed by atoms with Gasteiger partial charge in [0.1, 0.15) is 12.1 Å². The largest absolute Gasteiger partial charge is 0.328 e. The lowest BCUT2D eigenvalue weighted by Gasteiger charge is -2.37. The van der Waals surface area contributed by atoms with E-state index in [0.29, 0.717) is 10.0 Å². The van der Waals surface area contributed by atoms with Crippen molar-refractivity contribution < 1.29 is 0 Å². The first-order valence-corrected chi connectivity index (χ1v) is 10.8. The summed E-state index contributed by atoms with van der Waals surface area (Å²) in [5.74, 6) is 0.875. The third-order valence-electron chi connectivity index (χ3n) is 5.85. The summed E-state index contributed by atoms with van der Waals surface area (Å²) in [5, 5.41) is 3.34. The molecule has 0 radical (unpaired) electrons. The molecule has 152 valence electrons. The van der Waals surface area contributed by atoms with E-state index in [-0.39, 0.29) is 12.1 Å². The summed E-state index contributed by atoms with van der Waals surface area (Å²) in [4.78, 5) is 16.0. The van der Waals surface area contributed by atoms with E-state index in [9.17, 15) is 0 Å². The lowest BCUT2D eigenvalue weighted by atomic mass is 9.90. The van der Waals surface area contributed by atoms with E-state index in [4.69, 9.17) is 33.9 Å². The minimum absolute atomic E-state index is 0.261. The maximum absolute atomic E-state index is 6.22. The number of anilines is 2. The van der Waals surface area contributed by atoms with E-state index in [1.165, 1.54) is 0 Å². The van der Waals surface area contributed by atoms with Gasteiger partial charge in [0.2, 0.25) is 0 Å². The number of pyridine rings is 1. The number of hydrogen-bond donors (Lipinski definition) is 1. The average Bonchev–Trinajstić information content (AvgIpc) is 2.75. The van der Waals surface area contributed by atoms with Crippen LogP contribution in [0.4, 0.5) is 11.5 Å². The van der Waals surface area contributed by atoms with Crippen molar-refractivity contribution >= 4 is 56.5 Å². The van der Waals surface area contributed by atoms with E-state index in [2.05, 4.69) is 20.9 Å². The Morgan fingerprint density at radius 3 is 2.20 bits per heavy atom. The van der Waals surface area contributed by atoms with Crippen LogP contribution in [0.15, 0.2) is 55.0 Å². The number of fused-ring (bicyclic) bond motifs is 2. The topological polar surface area (TPSA) is 67.9 Å². The van der Waals surface area contributed by atoms with Gasteiger partial charge < -0.3 is 10.6 Å². The van der Waals surface area contributed by atoms with E-state index in [1.807, 2.05) is 42.6 Å². The quantitative estimate of drug-likeness (QED) is 0.432. The highest BCUT2D eigenvalue weighted by atomic mass is 35.5. The van der Waals surface area contributed by atoms with Crippen LogP contribution in [-0.2, 0) is 0 Å². The van der Waals surface area contributed by atoms with Crippen molar-refractivity contribution in [3.63, 3.8) is 0 Å². The Bertz CT molecular complexity index is 1140. The fourth-order valence-corrected chi connectivity index (χ4v) is 4.70. The molecule has 1 fully saturated rings. The van der Waals surface area contributed by atoms with Crippen LogP contribution in [0.25, 0.3) is 21.8 Å². The Hall–Kier alpha value is -2.47. The second-order valence-electron chi connectivity index (χ2n) is 7.79. The first-order chi connectivity index (χ1) is 14.6. The van der Waals surface area contributed by atoms with Crippen LogP contribution in [0, 0.1) is 0 Å². The maximum atomic E-state index is 6.22. The molecule has 4 aromatic rings. The Labute approximate surface area is 184 Å². The van der Waals surface area contributed by atoms with Crippen molar-refractivity contribution in [1.29, 1.82) is 0 Å². The zero-order chi connectivity index (χ0) is 20.7. The third kappa shape index (κ3) is 3.58. The zero-order valence-electron chi connectivity index (χ0n) is 16.3. The highest BCUT2D eigenvalue weighted by Crippen LogP contribution is 2.39. The number of nitrogens with two attached hydrogens (primary N) is 1. The van der Waals surface area contributed by atoms with Crippen molar-refractivity contribution in [3.8, 4) is 0 Å². The number of aromatic nitrogens is 3. The molecule has 30 heavy (non-hydrogen) atoms. The van der Waals surface area contributed by atoms with E-state index >= 15 is 0 Å². The van der Waals surface area contributed by atoms with Gasteiger partial charge in [0.15, 0.2) is 0 Å². The van der Waals surface area contributed by atoms with Gasteiger partial charge in [-0.25, -0.2) is 9.97 Å². The van der Waals surface area contributed by atoms with Crippen LogP contribution in [0.5, 0.6) is 0 Å². The standard InChI is InChI=1S/C23H21Cl2N5/c24-14-1-7-18-20(11-14)27-10-9-22(18)30(17-5-3-16(26)4-6-17)23-19-8-2-15(25)12-21(19)28-13-29-23/h1-2,7-13,16-17H,3-6,26H2. The molecule has 7 heteroatoms. The summed E-state index contributed by atoms with van der Waals surface area (Å²) in [5.41, 5.74) is 8.95. The number of halogens is 2. The smallest absolute Gasteiger partial charge is 0.144 e. The summed E-state index contributed by atoms with van der Waals surface area (Å²) in [6.07, 6.45) is 7.41. The van der Waals surface area contributed by atoms with Crippen LogP contribution < -0.4 is 10.6 Å². The SMILES string of the molecule is NC1CCC(N(c2ccnc3cc(Cl)ccc23)c2ncnc3cc(Cl)ccc23)CC1. The van der Waals surface area contributed by atoms with Gasteiger partial charge in [-0.2, -0.15) is 0 Å². The zero-order valence-corrected chi connectivity index (χ0v) is 17.8. The van der Waals surface area contributed by atoms with E-state index in [0.717, 1.165) is 59.0 Å².